The van der Waals surface area contributed by atoms with Gasteiger partial charge >= 0.3 is 0 Å². The minimum absolute atomic E-state index is 0.0596. The van der Waals surface area contributed by atoms with Crippen molar-refractivity contribution in [3.05, 3.63) is 78.9 Å². The van der Waals surface area contributed by atoms with Crippen LogP contribution in [0.5, 0.6) is 11.5 Å². The van der Waals surface area contributed by atoms with Gasteiger partial charge in [-0.15, -0.1) is 0 Å². The Labute approximate surface area is 194 Å². The highest BCUT2D eigenvalue weighted by Gasteiger charge is 2.09. The zero-order valence-electron chi connectivity index (χ0n) is 18.8. The highest BCUT2D eigenvalue weighted by atomic mass is 16.5. The summed E-state index contributed by atoms with van der Waals surface area (Å²) in [6.07, 6.45) is 0. The van der Waals surface area contributed by atoms with Crippen LogP contribution in [0.1, 0.15) is 13.8 Å². The van der Waals surface area contributed by atoms with E-state index in [1.165, 1.54) is 0 Å². The molecule has 0 bridgehead atoms. The van der Waals surface area contributed by atoms with Gasteiger partial charge in [-0.3, -0.25) is 9.59 Å². The second kappa shape index (κ2) is 12.1. The third-order valence-corrected chi connectivity index (χ3v) is 4.62. The minimum Gasteiger partial charge on any atom is -0.490 e. The first-order chi connectivity index (χ1) is 16.0. The topological polar surface area (TPSA) is 88.7 Å². The molecule has 0 saturated heterocycles. The molecule has 33 heavy (non-hydrogen) atoms. The Morgan fingerprint density at radius 1 is 0.788 bits per heavy atom. The van der Waals surface area contributed by atoms with Crippen molar-refractivity contribution in [2.24, 2.45) is 5.92 Å². The Bertz CT molecular complexity index is 1050. The number of rotatable bonds is 11. The Morgan fingerprint density at radius 2 is 1.48 bits per heavy atom. The van der Waals surface area contributed by atoms with E-state index < -0.39 is 0 Å². The van der Waals surface area contributed by atoms with E-state index in [2.05, 4.69) is 16.0 Å². The van der Waals surface area contributed by atoms with Gasteiger partial charge in [-0.1, -0.05) is 50.2 Å². The molecular formula is C26H29N3O4. The van der Waals surface area contributed by atoms with Gasteiger partial charge in [0.1, 0.15) is 24.7 Å². The fourth-order valence-corrected chi connectivity index (χ4v) is 2.89. The van der Waals surface area contributed by atoms with E-state index >= 15 is 0 Å². The normalized spacial score (nSPS) is 10.4. The fourth-order valence-electron chi connectivity index (χ4n) is 2.89. The number of hydrogen-bond donors (Lipinski definition) is 3. The number of carbonyl (C=O) groups is 2. The van der Waals surface area contributed by atoms with E-state index in [4.69, 9.17) is 9.47 Å². The van der Waals surface area contributed by atoms with Gasteiger partial charge in [-0.25, -0.2) is 0 Å². The molecule has 0 aliphatic carbocycles. The van der Waals surface area contributed by atoms with Gasteiger partial charge in [0.15, 0.2) is 0 Å². The van der Waals surface area contributed by atoms with Gasteiger partial charge in [0, 0.05) is 17.3 Å². The average Bonchev–Trinajstić information content (AvgIpc) is 2.82. The van der Waals surface area contributed by atoms with Gasteiger partial charge < -0.3 is 25.4 Å². The molecule has 0 radical (unpaired) electrons. The summed E-state index contributed by atoms with van der Waals surface area (Å²) < 4.78 is 11.4. The van der Waals surface area contributed by atoms with E-state index in [-0.39, 0.29) is 24.3 Å². The molecule has 7 heteroatoms. The third-order valence-electron chi connectivity index (χ3n) is 4.62. The summed E-state index contributed by atoms with van der Waals surface area (Å²) in [5, 5.41) is 8.78. The van der Waals surface area contributed by atoms with Gasteiger partial charge in [0.2, 0.25) is 11.8 Å². The van der Waals surface area contributed by atoms with E-state index in [0.29, 0.717) is 30.3 Å². The maximum Gasteiger partial charge on any atom is 0.243 e. The summed E-state index contributed by atoms with van der Waals surface area (Å²) in [5.41, 5.74) is 1.99. The molecule has 0 saturated carbocycles. The molecule has 3 N–H and O–H groups in total. The number of para-hydroxylation sites is 3. The van der Waals surface area contributed by atoms with E-state index in [0.717, 1.165) is 11.4 Å². The second-order valence-corrected chi connectivity index (χ2v) is 7.63. The largest absolute Gasteiger partial charge is 0.490 e. The van der Waals surface area contributed by atoms with Crippen LogP contribution in [0.25, 0.3) is 0 Å². The number of nitrogens with one attached hydrogen (secondary N) is 3. The lowest BCUT2D eigenvalue weighted by Gasteiger charge is -2.14. The zero-order chi connectivity index (χ0) is 23.5. The number of carbonyl (C=O) groups excluding carboxylic acids is 2. The summed E-state index contributed by atoms with van der Waals surface area (Å²) in [7, 11) is 0. The van der Waals surface area contributed by atoms with Crippen LogP contribution >= 0.6 is 0 Å². The second-order valence-electron chi connectivity index (χ2n) is 7.63. The predicted octanol–water partition coefficient (Wildman–Crippen LogP) is 4.79. The van der Waals surface area contributed by atoms with Crippen molar-refractivity contribution in [2.45, 2.75) is 13.8 Å². The van der Waals surface area contributed by atoms with Crippen LogP contribution in [0.3, 0.4) is 0 Å². The highest BCUT2D eigenvalue weighted by Crippen LogP contribution is 2.24. The van der Waals surface area contributed by atoms with Crippen molar-refractivity contribution < 1.29 is 19.1 Å². The van der Waals surface area contributed by atoms with Crippen molar-refractivity contribution in [2.75, 3.05) is 35.7 Å². The molecule has 0 unspecified atom stereocenters. The Morgan fingerprint density at radius 3 is 2.27 bits per heavy atom. The van der Waals surface area contributed by atoms with Crippen LogP contribution in [0.15, 0.2) is 78.9 Å². The summed E-state index contributed by atoms with van der Waals surface area (Å²) in [6.45, 7) is 4.46. The number of hydrogen-bond acceptors (Lipinski definition) is 5. The molecular weight excluding hydrogens is 418 g/mol. The fraction of sp³-hybridized carbons (Fsp3) is 0.231. The molecule has 3 rings (SSSR count). The maximum absolute atomic E-state index is 12.5. The summed E-state index contributed by atoms with van der Waals surface area (Å²) >= 11 is 0. The van der Waals surface area contributed by atoms with Crippen LogP contribution in [0, 0.1) is 5.92 Å². The van der Waals surface area contributed by atoms with Crippen LogP contribution in [0.4, 0.5) is 17.1 Å². The Hall–Kier alpha value is -4.00. The van der Waals surface area contributed by atoms with Crippen molar-refractivity contribution >= 4 is 28.9 Å². The van der Waals surface area contributed by atoms with Crippen molar-refractivity contribution in [3.63, 3.8) is 0 Å². The molecule has 0 aliphatic heterocycles. The first kappa shape index (κ1) is 23.7. The standard InChI is InChI=1S/C26H29N3O4/c1-19(2)26(31)28-21-10-8-9-20(17-21)27-18-25(30)29-23-13-6-7-14-24(23)33-16-15-32-22-11-4-3-5-12-22/h3-14,17,19,27H,15-16,18H2,1-2H3,(H,28,31)(H,29,30). The minimum atomic E-state index is -0.219. The summed E-state index contributed by atoms with van der Waals surface area (Å²) in [6, 6.07) is 24.0. The molecule has 3 aromatic rings. The van der Waals surface area contributed by atoms with Crippen LogP contribution < -0.4 is 25.4 Å². The van der Waals surface area contributed by atoms with Crippen LogP contribution in [-0.2, 0) is 9.59 Å². The third kappa shape index (κ3) is 7.88. The molecule has 0 atom stereocenters. The van der Waals surface area contributed by atoms with Gasteiger partial charge in [-0.05, 0) is 42.5 Å². The molecule has 0 aliphatic rings. The maximum atomic E-state index is 12.5. The smallest absolute Gasteiger partial charge is 0.243 e. The van der Waals surface area contributed by atoms with Crippen molar-refractivity contribution in [1.29, 1.82) is 0 Å². The van der Waals surface area contributed by atoms with Gasteiger partial charge in [0.05, 0.1) is 12.2 Å². The van der Waals surface area contributed by atoms with Crippen molar-refractivity contribution in [3.8, 4) is 11.5 Å². The highest BCUT2D eigenvalue weighted by molar-refractivity contribution is 5.95. The van der Waals surface area contributed by atoms with E-state index in [9.17, 15) is 9.59 Å². The number of amides is 2. The number of anilines is 3. The molecule has 0 spiro atoms. The Kier molecular flexibility index (Phi) is 8.71. The van der Waals surface area contributed by atoms with Crippen LogP contribution in [0.2, 0.25) is 0 Å². The molecule has 172 valence electrons. The van der Waals surface area contributed by atoms with Gasteiger partial charge in [0.25, 0.3) is 0 Å². The predicted molar refractivity (Wildman–Crippen MR) is 131 cm³/mol. The monoisotopic (exact) mass is 447 g/mol. The summed E-state index contributed by atoms with van der Waals surface area (Å²) in [4.78, 5) is 24.4. The zero-order valence-corrected chi connectivity index (χ0v) is 18.8. The lowest BCUT2D eigenvalue weighted by atomic mass is 10.2. The first-order valence-corrected chi connectivity index (χ1v) is 10.9. The molecule has 3 aromatic carbocycles. The molecule has 2 amide bonds. The SMILES string of the molecule is CC(C)C(=O)Nc1cccc(NCC(=O)Nc2ccccc2OCCOc2ccccc2)c1. The molecule has 0 aromatic heterocycles. The molecule has 7 nitrogen and oxygen atoms in total. The quantitative estimate of drug-likeness (QED) is 0.368. The van der Waals surface area contributed by atoms with Crippen molar-refractivity contribution in [1.82, 2.24) is 0 Å². The van der Waals surface area contributed by atoms with E-state index in [1.54, 1.807) is 24.3 Å². The average molecular weight is 448 g/mol. The lowest BCUT2D eigenvalue weighted by Crippen LogP contribution is -2.22. The summed E-state index contributed by atoms with van der Waals surface area (Å²) in [5.74, 6) is 0.959. The van der Waals surface area contributed by atoms with Gasteiger partial charge in [-0.2, -0.15) is 0 Å². The Balaban J connectivity index is 1.48. The number of benzene rings is 3. The molecule has 0 heterocycles. The first-order valence-electron chi connectivity index (χ1n) is 10.9. The van der Waals surface area contributed by atoms with E-state index in [1.807, 2.05) is 68.4 Å². The van der Waals surface area contributed by atoms with Crippen LogP contribution in [-0.4, -0.2) is 31.6 Å². The lowest BCUT2D eigenvalue weighted by molar-refractivity contribution is -0.119. The number of ether oxygens (including phenoxy) is 2. The molecule has 0 fully saturated rings.